The molecule has 7 heteroatoms. The molecule has 0 radical (unpaired) electrons. The van der Waals surface area contributed by atoms with Gasteiger partial charge in [0.2, 0.25) is 0 Å². The van der Waals surface area contributed by atoms with Crippen LogP contribution < -0.4 is 56.5 Å². The van der Waals surface area contributed by atoms with Gasteiger partial charge in [0.15, 0.2) is 12.1 Å². The van der Waals surface area contributed by atoms with Crippen molar-refractivity contribution in [2.24, 2.45) is 0 Å². The largest absolute Gasteiger partial charge is 1.00 e. The molecule has 0 fully saturated rings. The minimum atomic E-state index is -0.104. The smallest absolute Gasteiger partial charge is 0.876 e. The number of aldehydes is 1. The van der Waals surface area contributed by atoms with E-state index in [1.54, 1.807) is 6.92 Å². The maximum absolute atomic E-state index is 10.2. The number of aromatic nitrogens is 4. The maximum atomic E-state index is 10.2. The Morgan fingerprint density at radius 2 is 2.33 bits per heavy atom. The second-order valence-corrected chi connectivity index (χ2v) is 1.80. The first-order chi connectivity index (χ1) is 5.29. The fourth-order valence-electron chi connectivity index (χ4n) is 0.598. The van der Waals surface area contributed by atoms with Crippen LogP contribution in [-0.4, -0.2) is 26.5 Å². The van der Waals surface area contributed by atoms with Crippen LogP contribution in [0.1, 0.15) is 5.82 Å². The standard InChI is InChI=1S/C5H6N4O2.K/c1-4-6-7-8-9(4)5(2-10)3-11;/h2-3,10H,1H3;/q;+1/p-1/b5-2-;. The van der Waals surface area contributed by atoms with E-state index in [-0.39, 0.29) is 57.1 Å². The number of hydrogen-bond donors (Lipinski definition) is 0. The third-order valence-electron chi connectivity index (χ3n) is 1.11. The summed E-state index contributed by atoms with van der Waals surface area (Å²) in [6.07, 6.45) is 0.798. The molecule has 0 amide bonds. The number of tetrazole rings is 1. The molecular weight excluding hydrogens is 187 g/mol. The molecule has 1 heterocycles. The van der Waals surface area contributed by atoms with Gasteiger partial charge in [0.05, 0.1) is 5.70 Å². The third-order valence-corrected chi connectivity index (χ3v) is 1.11. The van der Waals surface area contributed by atoms with Crippen LogP contribution in [0.15, 0.2) is 6.26 Å². The van der Waals surface area contributed by atoms with E-state index >= 15 is 0 Å². The van der Waals surface area contributed by atoms with E-state index in [0.717, 1.165) is 4.68 Å². The predicted molar refractivity (Wildman–Crippen MR) is 32.9 cm³/mol. The first-order valence-corrected chi connectivity index (χ1v) is 2.82. The molecule has 0 aromatic carbocycles. The molecule has 0 aliphatic heterocycles. The summed E-state index contributed by atoms with van der Waals surface area (Å²) in [5, 5.41) is 20.4. The van der Waals surface area contributed by atoms with Crippen LogP contribution in [0.3, 0.4) is 0 Å². The molecule has 0 unspecified atom stereocenters. The number of rotatable bonds is 2. The van der Waals surface area contributed by atoms with Crippen molar-refractivity contribution in [1.29, 1.82) is 0 Å². The van der Waals surface area contributed by atoms with Crippen molar-refractivity contribution in [3.05, 3.63) is 12.1 Å². The van der Waals surface area contributed by atoms with E-state index in [0.29, 0.717) is 18.4 Å². The number of carbonyl (C=O) groups excluding carboxylic acids is 1. The molecule has 12 heavy (non-hydrogen) atoms. The zero-order valence-corrected chi connectivity index (χ0v) is 9.88. The van der Waals surface area contributed by atoms with Crippen molar-refractivity contribution in [2.45, 2.75) is 6.92 Å². The van der Waals surface area contributed by atoms with Crippen LogP contribution in [0.4, 0.5) is 0 Å². The van der Waals surface area contributed by atoms with Gasteiger partial charge in [-0.3, -0.25) is 4.79 Å². The average molecular weight is 192 g/mol. The van der Waals surface area contributed by atoms with Gasteiger partial charge in [0, 0.05) is 0 Å². The molecular formula is C5H5KN4O2. The van der Waals surface area contributed by atoms with Gasteiger partial charge in [-0.05, 0) is 17.4 Å². The summed E-state index contributed by atoms with van der Waals surface area (Å²) in [4.78, 5) is 10.2. The fourth-order valence-corrected chi connectivity index (χ4v) is 0.598. The Hall–Kier alpha value is -0.0836. The van der Waals surface area contributed by atoms with Gasteiger partial charge in [-0.1, -0.05) is 0 Å². The summed E-state index contributed by atoms with van der Waals surface area (Å²) in [5.74, 6) is 0.402. The first kappa shape index (κ1) is 11.9. The van der Waals surface area contributed by atoms with Crippen LogP contribution in [0, 0.1) is 6.92 Å². The van der Waals surface area contributed by atoms with E-state index in [9.17, 15) is 9.90 Å². The molecule has 6 nitrogen and oxygen atoms in total. The number of aryl methyl sites for hydroxylation is 1. The number of hydrogen-bond acceptors (Lipinski definition) is 5. The van der Waals surface area contributed by atoms with Crippen molar-refractivity contribution in [3.8, 4) is 0 Å². The molecule has 0 saturated carbocycles. The Bertz CT molecular complexity index is 295. The predicted octanol–water partition coefficient (Wildman–Crippen LogP) is -4.66. The second kappa shape index (κ2) is 5.54. The summed E-state index contributed by atoms with van der Waals surface area (Å²) >= 11 is 0. The van der Waals surface area contributed by atoms with Crippen LogP contribution in [-0.2, 0) is 4.79 Å². The van der Waals surface area contributed by atoms with Gasteiger partial charge in [-0.2, -0.15) is 4.68 Å². The first-order valence-electron chi connectivity index (χ1n) is 2.82. The third kappa shape index (κ3) is 2.46. The van der Waals surface area contributed by atoms with Crippen LogP contribution >= 0.6 is 0 Å². The maximum Gasteiger partial charge on any atom is 1.00 e. The molecule has 0 bridgehead atoms. The zero-order valence-electron chi connectivity index (χ0n) is 6.76. The molecule has 0 aliphatic carbocycles. The quantitative estimate of drug-likeness (QED) is 0.203. The number of nitrogens with zero attached hydrogens (tertiary/aromatic N) is 4. The Morgan fingerprint density at radius 1 is 1.67 bits per heavy atom. The van der Waals surface area contributed by atoms with Crippen LogP contribution in [0.2, 0.25) is 0 Å². The second-order valence-electron chi connectivity index (χ2n) is 1.80. The van der Waals surface area contributed by atoms with Gasteiger partial charge >= 0.3 is 51.4 Å². The molecule has 0 atom stereocenters. The number of allylic oxidation sites excluding steroid dienone is 1. The molecule has 58 valence electrons. The normalized spacial score (nSPS) is 10.6. The van der Waals surface area contributed by atoms with E-state index < -0.39 is 0 Å². The van der Waals surface area contributed by atoms with Crippen molar-refractivity contribution in [1.82, 2.24) is 20.2 Å². The molecule has 0 spiro atoms. The Balaban J connectivity index is 0.00000121. The SMILES string of the molecule is Cc1nnnn1/C(C=O)=C\[O-].[K+]. The van der Waals surface area contributed by atoms with E-state index in [2.05, 4.69) is 15.5 Å². The van der Waals surface area contributed by atoms with Crippen LogP contribution in [0.25, 0.3) is 5.70 Å². The molecule has 1 aromatic heterocycles. The Labute approximate surface area is 111 Å². The van der Waals surface area contributed by atoms with Crippen LogP contribution in [0.5, 0.6) is 0 Å². The molecule has 0 aliphatic rings. The molecule has 0 N–H and O–H groups in total. The molecule has 1 rings (SSSR count). The average Bonchev–Trinajstić information content (AvgIpc) is 2.40. The summed E-state index contributed by atoms with van der Waals surface area (Å²) in [6.45, 7) is 1.59. The summed E-state index contributed by atoms with van der Waals surface area (Å²) in [5.41, 5.74) is -0.104. The van der Waals surface area contributed by atoms with Gasteiger partial charge < -0.3 is 5.11 Å². The molecule has 1 aromatic rings. The number of carbonyl (C=O) groups is 1. The van der Waals surface area contributed by atoms with E-state index in [4.69, 9.17) is 0 Å². The summed E-state index contributed by atoms with van der Waals surface area (Å²) < 4.78 is 1.07. The summed E-state index contributed by atoms with van der Waals surface area (Å²) in [6, 6.07) is 0. The topological polar surface area (TPSA) is 83.7 Å². The minimum Gasteiger partial charge on any atom is -0.876 e. The van der Waals surface area contributed by atoms with E-state index in [1.807, 2.05) is 0 Å². The van der Waals surface area contributed by atoms with E-state index in [1.165, 1.54) is 0 Å². The van der Waals surface area contributed by atoms with Gasteiger partial charge in [0.1, 0.15) is 0 Å². The molecule has 0 saturated heterocycles. The Kier molecular flexibility index (Phi) is 5.50. The van der Waals surface area contributed by atoms with Crippen molar-refractivity contribution >= 4 is 12.0 Å². The Morgan fingerprint density at radius 3 is 2.67 bits per heavy atom. The minimum absolute atomic E-state index is 0. The zero-order chi connectivity index (χ0) is 8.27. The van der Waals surface area contributed by atoms with Crippen molar-refractivity contribution in [3.63, 3.8) is 0 Å². The van der Waals surface area contributed by atoms with Gasteiger partial charge in [-0.15, -0.1) is 11.4 Å². The fraction of sp³-hybridized carbons (Fsp3) is 0.200. The summed E-state index contributed by atoms with van der Waals surface area (Å²) in [7, 11) is 0. The van der Waals surface area contributed by atoms with Gasteiger partial charge in [0.25, 0.3) is 0 Å². The van der Waals surface area contributed by atoms with Crippen molar-refractivity contribution < 1.29 is 61.3 Å². The monoisotopic (exact) mass is 192 g/mol. The van der Waals surface area contributed by atoms with Crippen molar-refractivity contribution in [2.75, 3.05) is 0 Å². The van der Waals surface area contributed by atoms with Gasteiger partial charge in [-0.25, -0.2) is 0 Å².